The largest absolute Gasteiger partial charge is 0.481 e. The topological polar surface area (TPSA) is 49.8 Å². The van der Waals surface area contributed by atoms with Gasteiger partial charge in [0.15, 0.2) is 0 Å². The number of aliphatic carboxylic acids is 1. The van der Waals surface area contributed by atoms with E-state index in [1.165, 1.54) is 0 Å². The highest BCUT2D eigenvalue weighted by Gasteiger charge is 2.37. The van der Waals surface area contributed by atoms with E-state index in [2.05, 4.69) is 11.8 Å². The van der Waals surface area contributed by atoms with Crippen molar-refractivity contribution in [2.24, 2.45) is 5.92 Å². The van der Waals surface area contributed by atoms with Gasteiger partial charge in [-0.1, -0.05) is 0 Å². The summed E-state index contributed by atoms with van der Waals surface area (Å²) in [6.07, 6.45) is 3.74. The molecule has 0 atom stereocenters. The van der Waals surface area contributed by atoms with E-state index in [-0.39, 0.29) is 11.5 Å². The van der Waals surface area contributed by atoms with Gasteiger partial charge in [0.2, 0.25) is 0 Å². The fraction of sp³-hybridized carbons (Fsp3) is 0.917. The minimum Gasteiger partial charge on any atom is -0.481 e. The number of carboxylic acids is 1. The second-order valence-electron chi connectivity index (χ2n) is 5.21. The summed E-state index contributed by atoms with van der Waals surface area (Å²) < 4.78 is 5.39. The zero-order chi connectivity index (χ0) is 11.6. The Morgan fingerprint density at radius 1 is 1.31 bits per heavy atom. The summed E-state index contributed by atoms with van der Waals surface area (Å²) >= 11 is 0. The van der Waals surface area contributed by atoms with Crippen molar-refractivity contribution >= 4 is 5.97 Å². The Hall–Kier alpha value is -0.610. The summed E-state index contributed by atoms with van der Waals surface area (Å²) in [7, 11) is 0. The number of carboxylic acid groups (broad SMARTS) is 1. The lowest BCUT2D eigenvalue weighted by molar-refractivity contribution is -0.144. The number of ether oxygens (including phenoxy) is 1. The van der Waals surface area contributed by atoms with E-state index in [9.17, 15) is 4.79 Å². The maximum Gasteiger partial charge on any atom is 0.306 e. The van der Waals surface area contributed by atoms with Crippen LogP contribution < -0.4 is 0 Å². The van der Waals surface area contributed by atoms with Crippen LogP contribution in [0.3, 0.4) is 0 Å². The average Bonchev–Trinajstić information content (AvgIpc) is 2.30. The van der Waals surface area contributed by atoms with E-state index < -0.39 is 5.97 Å². The molecule has 4 nitrogen and oxygen atoms in total. The van der Waals surface area contributed by atoms with Gasteiger partial charge >= 0.3 is 5.97 Å². The summed E-state index contributed by atoms with van der Waals surface area (Å²) in [6, 6.07) is 0. The maximum atomic E-state index is 10.9. The lowest BCUT2D eigenvalue weighted by atomic mass is 9.86. The Morgan fingerprint density at radius 3 is 2.38 bits per heavy atom. The maximum absolute atomic E-state index is 10.9. The highest BCUT2D eigenvalue weighted by molar-refractivity contribution is 5.70. The standard InChI is InChI=1S/C12H21NO3/c1-12(4-8-16-9-5-12)13-6-2-10(3-7-13)11(14)15/h10H,2-9H2,1H3,(H,14,15). The number of nitrogens with zero attached hydrogens (tertiary/aromatic N) is 1. The quantitative estimate of drug-likeness (QED) is 0.773. The van der Waals surface area contributed by atoms with Crippen molar-refractivity contribution in [3.05, 3.63) is 0 Å². The molecule has 0 saturated carbocycles. The molecule has 4 heteroatoms. The first-order valence-electron chi connectivity index (χ1n) is 6.17. The molecule has 0 aromatic carbocycles. The van der Waals surface area contributed by atoms with Gasteiger partial charge in [0.05, 0.1) is 5.92 Å². The molecule has 2 aliphatic rings. The lowest BCUT2D eigenvalue weighted by Gasteiger charge is -2.46. The first kappa shape index (κ1) is 11.9. The molecule has 0 aromatic heterocycles. The normalized spacial score (nSPS) is 27.8. The number of hydrogen-bond donors (Lipinski definition) is 1. The molecule has 0 radical (unpaired) electrons. The van der Waals surface area contributed by atoms with Crippen LogP contribution in [-0.4, -0.2) is 47.8 Å². The molecular formula is C12H21NO3. The second-order valence-corrected chi connectivity index (χ2v) is 5.21. The lowest BCUT2D eigenvalue weighted by Crippen LogP contribution is -2.53. The van der Waals surface area contributed by atoms with Crippen molar-refractivity contribution in [1.29, 1.82) is 0 Å². The van der Waals surface area contributed by atoms with Crippen LogP contribution in [0, 0.1) is 5.92 Å². The molecule has 1 N–H and O–H groups in total. The minimum absolute atomic E-state index is 0.125. The number of carbonyl (C=O) groups is 1. The highest BCUT2D eigenvalue weighted by atomic mass is 16.5. The molecule has 0 unspecified atom stereocenters. The summed E-state index contributed by atoms with van der Waals surface area (Å²) in [6.45, 7) is 5.82. The van der Waals surface area contributed by atoms with E-state index >= 15 is 0 Å². The molecule has 2 fully saturated rings. The van der Waals surface area contributed by atoms with E-state index in [0.717, 1.165) is 52.0 Å². The SMILES string of the molecule is CC1(N2CCC(C(=O)O)CC2)CCOCC1. The molecular weight excluding hydrogens is 206 g/mol. The van der Waals surface area contributed by atoms with E-state index in [1.54, 1.807) is 0 Å². The van der Waals surface area contributed by atoms with Crippen LogP contribution in [0.25, 0.3) is 0 Å². The van der Waals surface area contributed by atoms with Crippen LogP contribution in [0.4, 0.5) is 0 Å². The molecule has 2 saturated heterocycles. The van der Waals surface area contributed by atoms with Gasteiger partial charge in [0.1, 0.15) is 0 Å². The number of piperidine rings is 1. The molecule has 2 rings (SSSR count). The van der Waals surface area contributed by atoms with Gasteiger partial charge in [0.25, 0.3) is 0 Å². The fourth-order valence-electron chi connectivity index (χ4n) is 2.79. The third kappa shape index (κ3) is 2.38. The zero-order valence-electron chi connectivity index (χ0n) is 9.95. The third-order valence-corrected chi connectivity index (χ3v) is 4.18. The van der Waals surface area contributed by atoms with Gasteiger partial charge in [-0.3, -0.25) is 9.69 Å². The first-order chi connectivity index (χ1) is 7.62. The molecule has 16 heavy (non-hydrogen) atoms. The molecule has 2 aliphatic heterocycles. The predicted octanol–water partition coefficient (Wildman–Crippen LogP) is 1.35. The van der Waals surface area contributed by atoms with Crippen molar-refractivity contribution in [1.82, 2.24) is 4.90 Å². The number of likely N-dealkylation sites (tertiary alicyclic amines) is 1. The Labute approximate surface area is 96.6 Å². The fourth-order valence-corrected chi connectivity index (χ4v) is 2.79. The molecule has 0 amide bonds. The Kier molecular flexibility index (Phi) is 3.50. The van der Waals surface area contributed by atoms with Gasteiger partial charge in [-0.25, -0.2) is 0 Å². The predicted molar refractivity (Wildman–Crippen MR) is 60.4 cm³/mol. The van der Waals surface area contributed by atoms with Crippen LogP contribution in [0.2, 0.25) is 0 Å². The van der Waals surface area contributed by atoms with Crippen LogP contribution in [-0.2, 0) is 9.53 Å². The Balaban J connectivity index is 1.90. The van der Waals surface area contributed by atoms with Gasteiger partial charge in [0, 0.05) is 18.8 Å². The van der Waals surface area contributed by atoms with Crippen molar-refractivity contribution in [3.8, 4) is 0 Å². The summed E-state index contributed by atoms with van der Waals surface area (Å²) in [4.78, 5) is 13.3. The molecule has 92 valence electrons. The van der Waals surface area contributed by atoms with Crippen LogP contribution in [0.1, 0.15) is 32.6 Å². The minimum atomic E-state index is -0.628. The smallest absolute Gasteiger partial charge is 0.306 e. The molecule has 0 aliphatic carbocycles. The van der Waals surface area contributed by atoms with E-state index in [1.807, 2.05) is 0 Å². The average molecular weight is 227 g/mol. The van der Waals surface area contributed by atoms with Gasteiger partial charge in [-0.15, -0.1) is 0 Å². The van der Waals surface area contributed by atoms with E-state index in [4.69, 9.17) is 9.84 Å². The highest BCUT2D eigenvalue weighted by Crippen LogP contribution is 2.31. The monoisotopic (exact) mass is 227 g/mol. The Bertz CT molecular complexity index is 253. The number of hydrogen-bond acceptors (Lipinski definition) is 3. The van der Waals surface area contributed by atoms with E-state index in [0.29, 0.717) is 0 Å². The van der Waals surface area contributed by atoms with Gasteiger partial charge in [-0.2, -0.15) is 0 Å². The second kappa shape index (κ2) is 4.72. The third-order valence-electron chi connectivity index (χ3n) is 4.18. The van der Waals surface area contributed by atoms with Gasteiger partial charge < -0.3 is 9.84 Å². The Morgan fingerprint density at radius 2 is 1.88 bits per heavy atom. The number of rotatable bonds is 2. The molecule has 2 heterocycles. The zero-order valence-corrected chi connectivity index (χ0v) is 9.95. The van der Waals surface area contributed by atoms with Crippen molar-refractivity contribution in [3.63, 3.8) is 0 Å². The summed E-state index contributed by atoms with van der Waals surface area (Å²) in [5.41, 5.74) is 0.238. The van der Waals surface area contributed by atoms with Gasteiger partial charge in [-0.05, 0) is 45.7 Å². The first-order valence-corrected chi connectivity index (χ1v) is 6.17. The molecule has 0 bridgehead atoms. The summed E-state index contributed by atoms with van der Waals surface area (Å²) in [5, 5.41) is 8.96. The molecule has 0 aromatic rings. The van der Waals surface area contributed by atoms with Crippen LogP contribution in [0.5, 0.6) is 0 Å². The van der Waals surface area contributed by atoms with Crippen molar-refractivity contribution in [2.45, 2.75) is 38.1 Å². The van der Waals surface area contributed by atoms with Crippen LogP contribution >= 0.6 is 0 Å². The summed E-state index contributed by atoms with van der Waals surface area (Å²) in [5.74, 6) is -0.753. The van der Waals surface area contributed by atoms with Crippen molar-refractivity contribution in [2.75, 3.05) is 26.3 Å². The van der Waals surface area contributed by atoms with Crippen LogP contribution in [0.15, 0.2) is 0 Å². The van der Waals surface area contributed by atoms with Crippen molar-refractivity contribution < 1.29 is 14.6 Å². The molecule has 0 spiro atoms.